The lowest BCUT2D eigenvalue weighted by atomic mass is 10.2. The molecular weight excluding hydrogens is 252 g/mol. The lowest BCUT2D eigenvalue weighted by Crippen LogP contribution is -1.93. The minimum absolute atomic E-state index is 0.108. The van der Waals surface area contributed by atoms with Crippen LogP contribution in [-0.2, 0) is 6.61 Å². The molecule has 0 spiro atoms. The predicted octanol–water partition coefficient (Wildman–Crippen LogP) is 3.63. The van der Waals surface area contributed by atoms with Crippen LogP contribution in [0.15, 0.2) is 42.5 Å². The molecule has 4 heteroatoms. The fraction of sp³-hybridized carbons (Fsp3) is 0.143. The zero-order valence-electron chi connectivity index (χ0n) is 9.89. The predicted molar refractivity (Wildman–Crippen MR) is 70.4 cm³/mol. The number of hydrogen-bond acceptors (Lipinski definition) is 3. The third-order valence-electron chi connectivity index (χ3n) is 2.49. The van der Waals surface area contributed by atoms with Crippen LogP contribution in [0.2, 0.25) is 5.02 Å². The van der Waals surface area contributed by atoms with E-state index in [0.717, 1.165) is 0 Å². The number of aliphatic hydroxyl groups is 1. The number of halogens is 1. The molecular formula is C14H13ClO3. The average molecular weight is 265 g/mol. The van der Waals surface area contributed by atoms with Crippen LogP contribution in [0.1, 0.15) is 5.56 Å². The zero-order chi connectivity index (χ0) is 13.0. The summed E-state index contributed by atoms with van der Waals surface area (Å²) in [7, 11) is 1.56. The highest BCUT2D eigenvalue weighted by atomic mass is 35.5. The van der Waals surface area contributed by atoms with Gasteiger partial charge in [0.2, 0.25) is 0 Å². The number of methoxy groups -OCH3 is 1. The molecule has 2 aromatic rings. The van der Waals surface area contributed by atoms with Crippen LogP contribution in [0, 0.1) is 0 Å². The molecule has 18 heavy (non-hydrogen) atoms. The first-order valence-corrected chi connectivity index (χ1v) is 5.82. The summed E-state index contributed by atoms with van der Waals surface area (Å²) < 4.78 is 10.8. The molecule has 2 rings (SSSR count). The van der Waals surface area contributed by atoms with Crippen molar-refractivity contribution in [3.63, 3.8) is 0 Å². The van der Waals surface area contributed by atoms with Crippen LogP contribution in [0.5, 0.6) is 17.2 Å². The Morgan fingerprint density at radius 1 is 1.11 bits per heavy atom. The van der Waals surface area contributed by atoms with Crippen molar-refractivity contribution in [2.24, 2.45) is 0 Å². The summed E-state index contributed by atoms with van der Waals surface area (Å²) in [5.41, 5.74) is 0.669. The smallest absolute Gasteiger partial charge is 0.146 e. The summed E-state index contributed by atoms with van der Waals surface area (Å²) in [5.74, 6) is 1.81. The largest absolute Gasteiger partial charge is 0.496 e. The van der Waals surface area contributed by atoms with Crippen LogP contribution in [-0.4, -0.2) is 12.2 Å². The van der Waals surface area contributed by atoms with E-state index in [1.165, 1.54) is 0 Å². The Morgan fingerprint density at radius 3 is 2.56 bits per heavy atom. The fourth-order valence-electron chi connectivity index (χ4n) is 1.60. The van der Waals surface area contributed by atoms with E-state index < -0.39 is 0 Å². The van der Waals surface area contributed by atoms with E-state index in [2.05, 4.69) is 0 Å². The van der Waals surface area contributed by atoms with Crippen molar-refractivity contribution in [2.45, 2.75) is 6.61 Å². The zero-order valence-corrected chi connectivity index (χ0v) is 10.6. The first-order chi connectivity index (χ1) is 8.74. The summed E-state index contributed by atoms with van der Waals surface area (Å²) >= 11 is 6.01. The number of aliphatic hydroxyl groups excluding tert-OH is 1. The highest BCUT2D eigenvalue weighted by Gasteiger charge is 2.06. The van der Waals surface area contributed by atoms with Gasteiger partial charge in [0.05, 0.1) is 18.7 Å². The molecule has 0 aromatic heterocycles. The summed E-state index contributed by atoms with van der Waals surface area (Å²) in [4.78, 5) is 0. The quantitative estimate of drug-likeness (QED) is 0.916. The van der Waals surface area contributed by atoms with Crippen molar-refractivity contribution in [2.75, 3.05) is 7.11 Å². The van der Waals surface area contributed by atoms with E-state index >= 15 is 0 Å². The third-order valence-corrected chi connectivity index (χ3v) is 2.80. The van der Waals surface area contributed by atoms with E-state index in [-0.39, 0.29) is 6.61 Å². The van der Waals surface area contributed by atoms with Gasteiger partial charge >= 0.3 is 0 Å². The summed E-state index contributed by atoms with van der Waals surface area (Å²) in [6.45, 7) is -0.108. The van der Waals surface area contributed by atoms with Crippen LogP contribution < -0.4 is 9.47 Å². The third kappa shape index (κ3) is 2.75. The summed E-state index contributed by atoms with van der Waals surface area (Å²) in [6.07, 6.45) is 0. The number of benzene rings is 2. The lowest BCUT2D eigenvalue weighted by molar-refractivity contribution is 0.273. The van der Waals surface area contributed by atoms with E-state index in [4.69, 9.17) is 21.1 Å². The average Bonchev–Trinajstić information content (AvgIpc) is 2.41. The van der Waals surface area contributed by atoms with Gasteiger partial charge in [-0.3, -0.25) is 0 Å². The maximum atomic E-state index is 9.23. The van der Waals surface area contributed by atoms with E-state index in [9.17, 15) is 5.11 Å². The second kappa shape index (κ2) is 5.76. The van der Waals surface area contributed by atoms with Gasteiger partial charge in [-0.2, -0.15) is 0 Å². The molecule has 0 saturated heterocycles. The van der Waals surface area contributed by atoms with Crippen molar-refractivity contribution >= 4 is 11.6 Å². The maximum Gasteiger partial charge on any atom is 0.146 e. The minimum atomic E-state index is -0.108. The summed E-state index contributed by atoms with van der Waals surface area (Å²) in [6, 6.07) is 12.5. The molecule has 3 nitrogen and oxygen atoms in total. The van der Waals surface area contributed by atoms with Gasteiger partial charge in [0, 0.05) is 5.56 Å². The van der Waals surface area contributed by atoms with Crippen LogP contribution >= 0.6 is 11.6 Å². The van der Waals surface area contributed by atoms with Crippen molar-refractivity contribution < 1.29 is 14.6 Å². The highest BCUT2D eigenvalue weighted by Crippen LogP contribution is 2.31. The number of rotatable bonds is 4. The standard InChI is InChI=1S/C14H13ClO3/c1-17-13-7-6-11(8-10(13)9-16)18-14-5-3-2-4-12(14)15/h2-8,16H,9H2,1H3. The molecule has 2 aromatic carbocycles. The van der Waals surface area contributed by atoms with E-state index in [0.29, 0.717) is 27.8 Å². The molecule has 0 saturated carbocycles. The van der Waals surface area contributed by atoms with Gasteiger partial charge in [-0.15, -0.1) is 0 Å². The van der Waals surface area contributed by atoms with E-state index in [1.54, 1.807) is 37.4 Å². The Bertz CT molecular complexity index is 540. The lowest BCUT2D eigenvalue weighted by Gasteiger charge is -2.11. The molecule has 0 amide bonds. The molecule has 0 fully saturated rings. The molecule has 0 aliphatic rings. The van der Waals surface area contributed by atoms with Gasteiger partial charge in [0.15, 0.2) is 0 Å². The Kier molecular flexibility index (Phi) is 4.07. The van der Waals surface area contributed by atoms with Gasteiger partial charge in [-0.1, -0.05) is 23.7 Å². The van der Waals surface area contributed by atoms with Gasteiger partial charge in [-0.05, 0) is 30.3 Å². The van der Waals surface area contributed by atoms with E-state index in [1.807, 2.05) is 12.1 Å². The maximum absolute atomic E-state index is 9.23. The Morgan fingerprint density at radius 2 is 1.89 bits per heavy atom. The van der Waals surface area contributed by atoms with Crippen molar-refractivity contribution in [1.82, 2.24) is 0 Å². The molecule has 94 valence electrons. The SMILES string of the molecule is COc1ccc(Oc2ccccc2Cl)cc1CO. The topological polar surface area (TPSA) is 38.7 Å². The first kappa shape index (κ1) is 12.7. The van der Waals surface area contributed by atoms with Gasteiger partial charge in [-0.25, -0.2) is 0 Å². The highest BCUT2D eigenvalue weighted by molar-refractivity contribution is 6.32. The van der Waals surface area contributed by atoms with Crippen LogP contribution in [0.3, 0.4) is 0 Å². The molecule has 0 aliphatic heterocycles. The molecule has 0 atom stereocenters. The van der Waals surface area contributed by atoms with Crippen molar-refractivity contribution in [1.29, 1.82) is 0 Å². The second-order valence-electron chi connectivity index (χ2n) is 3.66. The van der Waals surface area contributed by atoms with Crippen molar-refractivity contribution in [3.8, 4) is 17.2 Å². The molecule has 1 N–H and O–H groups in total. The van der Waals surface area contributed by atoms with Gasteiger partial charge in [0.25, 0.3) is 0 Å². The monoisotopic (exact) mass is 264 g/mol. The molecule has 0 heterocycles. The number of ether oxygens (including phenoxy) is 2. The fourth-order valence-corrected chi connectivity index (χ4v) is 1.77. The van der Waals surface area contributed by atoms with Crippen LogP contribution in [0.25, 0.3) is 0 Å². The van der Waals surface area contributed by atoms with Gasteiger partial charge < -0.3 is 14.6 Å². The Labute approximate surface area is 111 Å². The van der Waals surface area contributed by atoms with Gasteiger partial charge in [0.1, 0.15) is 17.2 Å². The summed E-state index contributed by atoms with van der Waals surface area (Å²) in [5, 5.41) is 9.77. The molecule has 0 radical (unpaired) electrons. The number of para-hydroxylation sites is 1. The molecule has 0 bridgehead atoms. The first-order valence-electron chi connectivity index (χ1n) is 5.44. The van der Waals surface area contributed by atoms with Crippen LogP contribution in [0.4, 0.5) is 0 Å². The second-order valence-corrected chi connectivity index (χ2v) is 4.07. The number of hydrogen-bond donors (Lipinski definition) is 1. The Hall–Kier alpha value is -1.71. The normalized spacial score (nSPS) is 10.2. The Balaban J connectivity index is 2.27. The minimum Gasteiger partial charge on any atom is -0.496 e. The molecule has 0 unspecified atom stereocenters. The van der Waals surface area contributed by atoms with Crippen molar-refractivity contribution in [3.05, 3.63) is 53.1 Å². The molecule has 0 aliphatic carbocycles.